The molecule has 0 aromatic heterocycles. The van der Waals surface area contributed by atoms with Crippen LogP contribution in [-0.2, 0) is 4.79 Å². The van der Waals surface area contributed by atoms with E-state index < -0.39 is 0 Å². The van der Waals surface area contributed by atoms with Crippen LogP contribution >= 0.6 is 31.9 Å². The molecule has 76 valence electrons. The fourth-order valence-corrected chi connectivity index (χ4v) is 1.32. The second-order valence-electron chi connectivity index (χ2n) is 2.87. The zero-order chi connectivity index (χ0) is 10.6. The lowest BCUT2D eigenvalue weighted by atomic mass is 10.3. The second kappa shape index (κ2) is 5.51. The number of hydrogen-bond acceptors (Lipinski definition) is 1. The lowest BCUT2D eigenvalue weighted by Crippen LogP contribution is -2.21. The van der Waals surface area contributed by atoms with Gasteiger partial charge in [0.05, 0.1) is 4.83 Å². The Kier molecular flexibility index (Phi) is 4.62. The van der Waals surface area contributed by atoms with E-state index in [1.54, 1.807) is 0 Å². The first kappa shape index (κ1) is 11.7. The van der Waals surface area contributed by atoms with Crippen molar-refractivity contribution in [3.63, 3.8) is 0 Å². The minimum absolute atomic E-state index is 0.00479. The maximum Gasteiger partial charge on any atom is 0.238 e. The highest BCUT2D eigenvalue weighted by molar-refractivity contribution is 9.10. The first-order chi connectivity index (χ1) is 6.63. The summed E-state index contributed by atoms with van der Waals surface area (Å²) in [5.74, 6) is -0.00479. The van der Waals surface area contributed by atoms with Crippen LogP contribution in [-0.4, -0.2) is 10.7 Å². The number of alkyl halides is 1. The van der Waals surface area contributed by atoms with Crippen molar-refractivity contribution in [2.45, 2.75) is 18.2 Å². The number of carbonyl (C=O) groups excluding carboxylic acids is 1. The minimum atomic E-state index is -0.119. The van der Waals surface area contributed by atoms with Crippen molar-refractivity contribution < 1.29 is 4.79 Å². The minimum Gasteiger partial charge on any atom is -0.325 e. The van der Waals surface area contributed by atoms with Gasteiger partial charge >= 0.3 is 0 Å². The van der Waals surface area contributed by atoms with E-state index in [2.05, 4.69) is 37.2 Å². The molecule has 14 heavy (non-hydrogen) atoms. The molecule has 1 amide bonds. The van der Waals surface area contributed by atoms with Crippen LogP contribution in [0.25, 0.3) is 0 Å². The third-order valence-corrected chi connectivity index (χ3v) is 3.35. The molecule has 4 heteroatoms. The number of halogens is 2. The van der Waals surface area contributed by atoms with Gasteiger partial charge in [0.15, 0.2) is 0 Å². The molecule has 0 spiro atoms. The smallest absolute Gasteiger partial charge is 0.238 e. The molecular formula is C10H11Br2NO. The van der Waals surface area contributed by atoms with E-state index in [1.807, 2.05) is 31.2 Å². The summed E-state index contributed by atoms with van der Waals surface area (Å²) in [7, 11) is 0. The molecule has 0 aliphatic rings. The van der Waals surface area contributed by atoms with E-state index in [1.165, 1.54) is 0 Å². The predicted octanol–water partition coefficient (Wildman–Crippen LogP) is 3.56. The van der Waals surface area contributed by atoms with Gasteiger partial charge in [-0.1, -0.05) is 38.8 Å². The Bertz CT molecular complexity index is 310. The SMILES string of the molecule is CC[C@H](Br)C(=O)Nc1ccc(Br)cc1. The molecule has 0 heterocycles. The first-order valence-electron chi connectivity index (χ1n) is 4.34. The normalized spacial score (nSPS) is 12.2. The quantitative estimate of drug-likeness (QED) is 0.848. The largest absolute Gasteiger partial charge is 0.325 e. The number of amides is 1. The Morgan fingerprint density at radius 1 is 1.43 bits per heavy atom. The maximum atomic E-state index is 11.5. The first-order valence-corrected chi connectivity index (χ1v) is 6.05. The van der Waals surface area contributed by atoms with Gasteiger partial charge in [-0.2, -0.15) is 0 Å². The monoisotopic (exact) mass is 319 g/mol. The van der Waals surface area contributed by atoms with Crippen LogP contribution in [0.15, 0.2) is 28.7 Å². The van der Waals surface area contributed by atoms with Crippen LogP contribution < -0.4 is 5.32 Å². The van der Waals surface area contributed by atoms with Gasteiger partial charge in [0, 0.05) is 10.2 Å². The summed E-state index contributed by atoms with van der Waals surface area (Å²) in [4.78, 5) is 11.3. The van der Waals surface area contributed by atoms with E-state index in [0.29, 0.717) is 0 Å². The van der Waals surface area contributed by atoms with Gasteiger partial charge < -0.3 is 5.32 Å². The average molecular weight is 321 g/mol. The summed E-state index contributed by atoms with van der Waals surface area (Å²) in [6.07, 6.45) is 0.780. The van der Waals surface area contributed by atoms with Crippen molar-refractivity contribution in [2.75, 3.05) is 5.32 Å². The standard InChI is InChI=1S/C10H11Br2NO/c1-2-9(12)10(14)13-8-5-3-7(11)4-6-8/h3-6,9H,2H2,1H3,(H,13,14)/t9-/m0/s1. The summed E-state index contributed by atoms with van der Waals surface area (Å²) in [6.45, 7) is 1.96. The summed E-state index contributed by atoms with van der Waals surface area (Å²) < 4.78 is 1.00. The Morgan fingerprint density at radius 2 is 2.00 bits per heavy atom. The van der Waals surface area contributed by atoms with Gasteiger partial charge in [-0.3, -0.25) is 4.79 Å². The Labute approximate surface area is 100 Å². The number of benzene rings is 1. The third-order valence-electron chi connectivity index (χ3n) is 1.75. The van der Waals surface area contributed by atoms with Crippen LogP contribution in [0, 0.1) is 0 Å². The van der Waals surface area contributed by atoms with Crippen LogP contribution in [0.2, 0.25) is 0 Å². The average Bonchev–Trinajstić information content (AvgIpc) is 2.20. The number of nitrogens with one attached hydrogen (secondary N) is 1. The number of anilines is 1. The molecule has 1 aromatic rings. The number of hydrogen-bond donors (Lipinski definition) is 1. The summed E-state index contributed by atoms with van der Waals surface area (Å²) in [5, 5.41) is 2.81. The fraction of sp³-hybridized carbons (Fsp3) is 0.300. The molecular weight excluding hydrogens is 310 g/mol. The Balaban J connectivity index is 2.60. The molecule has 0 unspecified atom stereocenters. The molecule has 0 bridgehead atoms. The van der Waals surface area contributed by atoms with Crippen LogP contribution in [0.5, 0.6) is 0 Å². The van der Waals surface area contributed by atoms with E-state index in [9.17, 15) is 4.79 Å². The molecule has 0 fully saturated rings. The highest BCUT2D eigenvalue weighted by atomic mass is 79.9. The van der Waals surface area contributed by atoms with Crippen molar-refractivity contribution in [2.24, 2.45) is 0 Å². The summed E-state index contributed by atoms with van der Waals surface area (Å²) >= 11 is 6.63. The topological polar surface area (TPSA) is 29.1 Å². The zero-order valence-electron chi connectivity index (χ0n) is 7.76. The van der Waals surface area contributed by atoms with Crippen molar-refractivity contribution in [3.8, 4) is 0 Å². The molecule has 1 N–H and O–H groups in total. The lowest BCUT2D eigenvalue weighted by molar-refractivity contribution is -0.115. The van der Waals surface area contributed by atoms with Crippen molar-refractivity contribution in [1.29, 1.82) is 0 Å². The van der Waals surface area contributed by atoms with Crippen LogP contribution in [0.1, 0.15) is 13.3 Å². The van der Waals surface area contributed by atoms with Gasteiger partial charge in [-0.25, -0.2) is 0 Å². The fourth-order valence-electron chi connectivity index (χ4n) is 0.939. The van der Waals surface area contributed by atoms with E-state index in [-0.39, 0.29) is 10.7 Å². The third kappa shape index (κ3) is 3.42. The predicted molar refractivity (Wildman–Crippen MR) is 65.8 cm³/mol. The van der Waals surface area contributed by atoms with E-state index in [0.717, 1.165) is 16.6 Å². The summed E-state index contributed by atoms with van der Waals surface area (Å²) in [5.41, 5.74) is 0.816. The molecule has 0 saturated carbocycles. The highest BCUT2D eigenvalue weighted by Crippen LogP contribution is 2.15. The zero-order valence-corrected chi connectivity index (χ0v) is 10.9. The van der Waals surface area contributed by atoms with E-state index >= 15 is 0 Å². The number of carbonyl (C=O) groups is 1. The van der Waals surface area contributed by atoms with Crippen molar-refractivity contribution in [3.05, 3.63) is 28.7 Å². The molecule has 0 aliphatic heterocycles. The molecule has 1 aromatic carbocycles. The van der Waals surface area contributed by atoms with Gasteiger partial charge in [-0.15, -0.1) is 0 Å². The van der Waals surface area contributed by atoms with Crippen LogP contribution in [0.4, 0.5) is 5.69 Å². The molecule has 1 atom stereocenters. The van der Waals surface area contributed by atoms with Gasteiger partial charge in [0.2, 0.25) is 5.91 Å². The molecule has 2 nitrogen and oxygen atoms in total. The Hall–Kier alpha value is -0.350. The molecule has 1 rings (SSSR count). The Morgan fingerprint density at radius 3 is 2.50 bits per heavy atom. The van der Waals surface area contributed by atoms with Gasteiger partial charge in [0.25, 0.3) is 0 Å². The number of rotatable bonds is 3. The van der Waals surface area contributed by atoms with Gasteiger partial charge in [-0.05, 0) is 30.7 Å². The highest BCUT2D eigenvalue weighted by Gasteiger charge is 2.11. The van der Waals surface area contributed by atoms with Gasteiger partial charge in [0.1, 0.15) is 0 Å². The van der Waals surface area contributed by atoms with Crippen molar-refractivity contribution in [1.82, 2.24) is 0 Å². The van der Waals surface area contributed by atoms with E-state index in [4.69, 9.17) is 0 Å². The second-order valence-corrected chi connectivity index (χ2v) is 4.89. The van der Waals surface area contributed by atoms with Crippen molar-refractivity contribution >= 4 is 43.5 Å². The lowest BCUT2D eigenvalue weighted by Gasteiger charge is -2.08. The maximum absolute atomic E-state index is 11.5. The summed E-state index contributed by atoms with van der Waals surface area (Å²) in [6, 6.07) is 7.50. The molecule has 0 radical (unpaired) electrons. The van der Waals surface area contributed by atoms with Crippen LogP contribution in [0.3, 0.4) is 0 Å². The molecule has 0 aliphatic carbocycles. The molecule has 0 saturated heterocycles.